The van der Waals surface area contributed by atoms with E-state index in [-0.39, 0.29) is 0 Å². The van der Waals surface area contributed by atoms with Crippen LogP contribution < -0.4 is 5.32 Å². The molecule has 0 amide bonds. The molecule has 18 heavy (non-hydrogen) atoms. The number of halogens is 1. The van der Waals surface area contributed by atoms with Gasteiger partial charge in [0.1, 0.15) is 12.1 Å². The maximum atomic E-state index is 4.32. The van der Waals surface area contributed by atoms with Gasteiger partial charge in [-0.15, -0.1) is 0 Å². The maximum Gasteiger partial charge on any atom is 0.141 e. The number of benzene rings is 1. The lowest BCUT2D eigenvalue weighted by Crippen LogP contribution is -2.00. The van der Waals surface area contributed by atoms with Crippen molar-refractivity contribution >= 4 is 39.3 Å². The largest absolute Gasteiger partial charge is 0.340 e. The molecule has 1 aromatic heterocycles. The van der Waals surface area contributed by atoms with Gasteiger partial charge in [0.15, 0.2) is 0 Å². The van der Waals surface area contributed by atoms with Gasteiger partial charge in [0.25, 0.3) is 0 Å². The minimum absolute atomic E-state index is 0.838. The van der Waals surface area contributed by atoms with E-state index >= 15 is 0 Å². The zero-order valence-electron chi connectivity index (χ0n) is 10.3. The Hall–Kier alpha value is -1.43. The third-order valence-electron chi connectivity index (χ3n) is 2.52. The van der Waals surface area contributed by atoms with Gasteiger partial charge in [0.2, 0.25) is 0 Å². The molecule has 92 valence electrons. The van der Waals surface area contributed by atoms with Crippen molar-refractivity contribution in [1.29, 1.82) is 0 Å². The Labute approximate surface area is 120 Å². The number of fused-ring (bicyclic) bond motifs is 1. The number of allylic oxidation sites excluding steroid dienone is 3. The van der Waals surface area contributed by atoms with Gasteiger partial charge >= 0.3 is 0 Å². The molecule has 1 aromatic carbocycles. The second-order valence-electron chi connectivity index (χ2n) is 3.75. The fraction of sp³-hybridized carbons (Fsp3) is 0.143. The lowest BCUT2D eigenvalue weighted by molar-refractivity contribution is 1.21. The van der Waals surface area contributed by atoms with Gasteiger partial charge in [-0.1, -0.05) is 12.2 Å². The van der Waals surface area contributed by atoms with E-state index in [1.807, 2.05) is 44.2 Å². The predicted molar refractivity (Wildman–Crippen MR) is 84.4 cm³/mol. The van der Waals surface area contributed by atoms with E-state index in [1.54, 1.807) is 6.33 Å². The van der Waals surface area contributed by atoms with Crippen LogP contribution in [0.4, 0.5) is 5.82 Å². The van der Waals surface area contributed by atoms with Crippen LogP contribution in [-0.2, 0) is 0 Å². The zero-order chi connectivity index (χ0) is 13.0. The minimum Gasteiger partial charge on any atom is -0.340 e. The van der Waals surface area contributed by atoms with Gasteiger partial charge in [0.05, 0.1) is 5.52 Å². The van der Waals surface area contributed by atoms with E-state index in [2.05, 4.69) is 43.9 Å². The molecule has 0 saturated carbocycles. The van der Waals surface area contributed by atoms with E-state index in [1.165, 1.54) is 3.57 Å². The average molecular weight is 351 g/mol. The second-order valence-corrected chi connectivity index (χ2v) is 5.00. The summed E-state index contributed by atoms with van der Waals surface area (Å²) in [6.45, 7) is 3.99. The van der Waals surface area contributed by atoms with Gasteiger partial charge < -0.3 is 5.32 Å². The maximum absolute atomic E-state index is 4.32. The molecule has 0 atom stereocenters. The Kier molecular flexibility index (Phi) is 4.30. The molecule has 0 aliphatic carbocycles. The predicted octanol–water partition coefficient (Wildman–Crippen LogP) is 4.13. The van der Waals surface area contributed by atoms with E-state index in [9.17, 15) is 0 Å². The van der Waals surface area contributed by atoms with Crippen LogP contribution >= 0.6 is 22.6 Å². The lowest BCUT2D eigenvalue weighted by Gasteiger charge is -2.09. The molecule has 0 radical (unpaired) electrons. The van der Waals surface area contributed by atoms with Crippen LogP contribution in [0, 0.1) is 3.57 Å². The molecular weight excluding hydrogens is 337 g/mol. The molecular formula is C14H14IN3. The molecule has 3 nitrogen and oxygen atoms in total. The number of hydrogen-bond donors (Lipinski definition) is 1. The van der Waals surface area contributed by atoms with Gasteiger partial charge in [-0.05, 0) is 60.7 Å². The average Bonchev–Trinajstić information content (AvgIpc) is 2.38. The van der Waals surface area contributed by atoms with Crippen molar-refractivity contribution in [3.05, 3.63) is 52.0 Å². The van der Waals surface area contributed by atoms with Gasteiger partial charge in [0, 0.05) is 14.7 Å². The first-order chi connectivity index (χ1) is 8.74. The van der Waals surface area contributed by atoms with Crippen molar-refractivity contribution in [3.63, 3.8) is 0 Å². The summed E-state index contributed by atoms with van der Waals surface area (Å²) in [6.07, 6.45) is 7.61. The van der Waals surface area contributed by atoms with E-state index in [0.29, 0.717) is 0 Å². The first-order valence-corrected chi connectivity index (χ1v) is 6.78. The lowest BCUT2D eigenvalue weighted by atomic mass is 10.2. The van der Waals surface area contributed by atoms with Crippen molar-refractivity contribution in [3.8, 4) is 0 Å². The van der Waals surface area contributed by atoms with Crippen LogP contribution in [0.1, 0.15) is 13.8 Å². The van der Waals surface area contributed by atoms with Crippen LogP contribution in [0.3, 0.4) is 0 Å². The standard InChI is InChI=1S/C14H14IN3/c1-3-5-11(4-2)18-14-12-8-10(15)6-7-13(12)16-9-17-14/h3-9H,1-2H3,(H,16,17,18)/b5-3-,11-4+. The fourth-order valence-corrected chi connectivity index (χ4v) is 2.15. The number of anilines is 1. The third-order valence-corrected chi connectivity index (χ3v) is 3.19. The summed E-state index contributed by atoms with van der Waals surface area (Å²) >= 11 is 2.29. The number of nitrogens with one attached hydrogen (secondary N) is 1. The van der Waals surface area contributed by atoms with Crippen molar-refractivity contribution in [2.75, 3.05) is 5.32 Å². The van der Waals surface area contributed by atoms with Crippen molar-refractivity contribution in [2.24, 2.45) is 0 Å². The van der Waals surface area contributed by atoms with Crippen LogP contribution in [0.5, 0.6) is 0 Å². The second kappa shape index (κ2) is 5.95. The van der Waals surface area contributed by atoms with Crippen molar-refractivity contribution in [2.45, 2.75) is 13.8 Å². The van der Waals surface area contributed by atoms with Crippen molar-refractivity contribution in [1.82, 2.24) is 9.97 Å². The molecule has 1 heterocycles. The topological polar surface area (TPSA) is 37.8 Å². The van der Waals surface area contributed by atoms with Crippen molar-refractivity contribution < 1.29 is 0 Å². The highest BCUT2D eigenvalue weighted by Crippen LogP contribution is 2.22. The van der Waals surface area contributed by atoms with Crippen LogP contribution in [0.2, 0.25) is 0 Å². The smallest absolute Gasteiger partial charge is 0.141 e. The highest BCUT2D eigenvalue weighted by Gasteiger charge is 2.04. The van der Waals surface area contributed by atoms with Crippen LogP contribution in [-0.4, -0.2) is 9.97 Å². The van der Waals surface area contributed by atoms with E-state index in [0.717, 1.165) is 22.4 Å². The third kappa shape index (κ3) is 2.87. The number of rotatable bonds is 3. The molecule has 0 aliphatic heterocycles. The molecule has 1 N–H and O–H groups in total. The number of nitrogens with zero attached hydrogens (tertiary/aromatic N) is 2. The summed E-state index contributed by atoms with van der Waals surface area (Å²) in [4.78, 5) is 8.59. The molecule has 2 aromatic rings. The molecule has 0 spiro atoms. The Morgan fingerprint density at radius 3 is 2.83 bits per heavy atom. The summed E-state index contributed by atoms with van der Waals surface area (Å²) in [5, 5.41) is 4.36. The summed E-state index contributed by atoms with van der Waals surface area (Å²) in [7, 11) is 0. The normalized spacial score (nSPS) is 12.3. The molecule has 0 unspecified atom stereocenters. The molecule has 0 aliphatic rings. The van der Waals surface area contributed by atoms with Gasteiger partial charge in [-0.3, -0.25) is 0 Å². The molecule has 0 bridgehead atoms. The SMILES string of the molecule is C/C=C\C(=C/C)Nc1ncnc2ccc(I)cc12. The Morgan fingerprint density at radius 1 is 1.28 bits per heavy atom. The van der Waals surface area contributed by atoms with E-state index < -0.39 is 0 Å². The zero-order valence-corrected chi connectivity index (χ0v) is 12.5. The Morgan fingerprint density at radius 2 is 2.11 bits per heavy atom. The van der Waals surface area contributed by atoms with Crippen LogP contribution in [0.15, 0.2) is 48.5 Å². The number of hydrogen-bond acceptors (Lipinski definition) is 3. The molecule has 2 rings (SSSR count). The highest BCUT2D eigenvalue weighted by atomic mass is 127. The summed E-state index contributed by atoms with van der Waals surface area (Å²) < 4.78 is 1.17. The Bertz CT molecular complexity index is 617. The first-order valence-electron chi connectivity index (χ1n) is 5.71. The summed E-state index contributed by atoms with van der Waals surface area (Å²) in [5.41, 5.74) is 1.97. The van der Waals surface area contributed by atoms with Crippen LogP contribution in [0.25, 0.3) is 10.9 Å². The quantitative estimate of drug-likeness (QED) is 0.668. The van der Waals surface area contributed by atoms with Gasteiger partial charge in [-0.2, -0.15) is 0 Å². The molecule has 4 heteroatoms. The minimum atomic E-state index is 0.838. The first kappa shape index (κ1) is 13.0. The fourth-order valence-electron chi connectivity index (χ4n) is 1.65. The van der Waals surface area contributed by atoms with E-state index in [4.69, 9.17) is 0 Å². The monoisotopic (exact) mass is 351 g/mol. The number of aromatic nitrogens is 2. The highest BCUT2D eigenvalue weighted by molar-refractivity contribution is 14.1. The Balaban J connectivity index is 2.47. The summed E-state index contributed by atoms with van der Waals surface area (Å²) in [6, 6.07) is 6.14. The van der Waals surface area contributed by atoms with Gasteiger partial charge in [-0.25, -0.2) is 9.97 Å². The molecule has 0 fully saturated rings. The molecule has 0 saturated heterocycles. The summed E-state index contributed by atoms with van der Waals surface area (Å²) in [5.74, 6) is 0.838.